The van der Waals surface area contributed by atoms with E-state index in [-0.39, 0.29) is 0 Å². The molecule has 0 radical (unpaired) electrons. The van der Waals surface area contributed by atoms with Crippen molar-refractivity contribution in [3.8, 4) is 11.3 Å². The number of thioether (sulfide) groups is 1. The van der Waals surface area contributed by atoms with Gasteiger partial charge in [0.05, 0.1) is 28.7 Å². The van der Waals surface area contributed by atoms with Crippen LogP contribution in [0.5, 0.6) is 0 Å². The fraction of sp³-hybridized carbons (Fsp3) is 0.115. The Morgan fingerprint density at radius 1 is 0.879 bits per heavy atom. The van der Waals surface area contributed by atoms with E-state index in [0.717, 1.165) is 49.7 Å². The van der Waals surface area contributed by atoms with Gasteiger partial charge in [-0.15, -0.1) is 5.10 Å². The number of aromatic nitrogens is 5. The van der Waals surface area contributed by atoms with Gasteiger partial charge in [0.1, 0.15) is 5.82 Å². The quantitative estimate of drug-likeness (QED) is 0.264. The molecule has 0 aliphatic heterocycles. The van der Waals surface area contributed by atoms with E-state index in [4.69, 9.17) is 15.1 Å². The number of para-hydroxylation sites is 2. The van der Waals surface area contributed by atoms with Gasteiger partial charge in [-0.3, -0.25) is 0 Å². The average molecular weight is 468 g/mol. The van der Waals surface area contributed by atoms with Crippen LogP contribution in [0.4, 0.5) is 0 Å². The molecular formula is C26H21N5S2. The van der Waals surface area contributed by atoms with Gasteiger partial charge < -0.3 is 4.57 Å². The molecule has 0 bridgehead atoms. The molecule has 0 spiro atoms. The second-order valence-corrected chi connectivity index (χ2v) is 10.1. The summed E-state index contributed by atoms with van der Waals surface area (Å²) in [6.07, 6.45) is 2.01. The molecule has 0 amide bonds. The molecule has 0 aliphatic carbocycles. The zero-order valence-corrected chi connectivity index (χ0v) is 19.7. The molecule has 5 nitrogen and oxygen atoms in total. The van der Waals surface area contributed by atoms with Crippen LogP contribution < -0.4 is 0 Å². The zero-order valence-electron chi connectivity index (χ0n) is 18.0. The maximum absolute atomic E-state index is 4.92. The van der Waals surface area contributed by atoms with Crippen molar-refractivity contribution in [2.45, 2.75) is 23.6 Å². The van der Waals surface area contributed by atoms with Crippen LogP contribution in [-0.2, 0) is 12.3 Å². The molecule has 0 atom stereocenters. The summed E-state index contributed by atoms with van der Waals surface area (Å²) in [5.74, 6) is 1.81. The van der Waals surface area contributed by atoms with Gasteiger partial charge in [0.2, 0.25) is 4.96 Å². The van der Waals surface area contributed by atoms with Crippen LogP contribution in [0.2, 0.25) is 0 Å². The Morgan fingerprint density at radius 3 is 2.48 bits per heavy atom. The molecule has 0 unspecified atom stereocenters. The minimum absolute atomic E-state index is 0.753. The first-order chi connectivity index (χ1) is 16.2. The highest BCUT2D eigenvalue weighted by atomic mass is 32.2. The van der Waals surface area contributed by atoms with E-state index in [2.05, 4.69) is 84.3 Å². The number of nitrogens with zero attached hydrogens (tertiary/aromatic N) is 5. The molecule has 6 rings (SSSR count). The lowest BCUT2D eigenvalue weighted by atomic mass is 10.1. The van der Waals surface area contributed by atoms with E-state index in [1.165, 1.54) is 11.1 Å². The third kappa shape index (κ3) is 4.05. The van der Waals surface area contributed by atoms with E-state index in [1.807, 2.05) is 16.8 Å². The van der Waals surface area contributed by atoms with Gasteiger partial charge in [-0.05, 0) is 24.6 Å². The van der Waals surface area contributed by atoms with Crippen LogP contribution in [0, 0.1) is 6.92 Å². The highest BCUT2D eigenvalue weighted by molar-refractivity contribution is 8.00. The third-order valence-electron chi connectivity index (χ3n) is 5.61. The first-order valence-electron chi connectivity index (χ1n) is 10.8. The number of rotatable bonds is 6. The number of hydrogen-bond acceptors (Lipinski definition) is 5. The summed E-state index contributed by atoms with van der Waals surface area (Å²) in [7, 11) is 0. The predicted octanol–water partition coefficient (Wildman–Crippen LogP) is 6.46. The molecule has 162 valence electrons. The molecule has 3 aromatic heterocycles. The Hall–Kier alpha value is -3.42. The van der Waals surface area contributed by atoms with Gasteiger partial charge in [0.25, 0.3) is 0 Å². The number of benzene rings is 3. The Balaban J connectivity index is 1.25. The first-order valence-corrected chi connectivity index (χ1v) is 12.6. The summed E-state index contributed by atoms with van der Waals surface area (Å²) in [5.41, 5.74) is 6.77. The van der Waals surface area contributed by atoms with Crippen molar-refractivity contribution >= 4 is 39.1 Å². The standard InChI is InChI=1S/C26H21N5S2/c1-18-11-13-20(14-12-18)22-16-31-25(28-22)33-26(29-31)32-17-24-27-21-9-5-6-10-23(21)30(24)15-19-7-3-2-4-8-19/h2-14,16H,15,17H2,1H3. The fourth-order valence-electron chi connectivity index (χ4n) is 3.91. The van der Waals surface area contributed by atoms with E-state index in [1.54, 1.807) is 23.1 Å². The van der Waals surface area contributed by atoms with E-state index in [0.29, 0.717) is 0 Å². The Bertz CT molecular complexity index is 1510. The molecule has 0 saturated carbocycles. The minimum Gasteiger partial charge on any atom is -0.323 e. The Labute approximate surface area is 199 Å². The predicted molar refractivity (Wildman–Crippen MR) is 136 cm³/mol. The van der Waals surface area contributed by atoms with Crippen LogP contribution >= 0.6 is 23.1 Å². The van der Waals surface area contributed by atoms with Gasteiger partial charge >= 0.3 is 0 Å². The van der Waals surface area contributed by atoms with Crippen molar-refractivity contribution in [3.63, 3.8) is 0 Å². The monoisotopic (exact) mass is 467 g/mol. The highest BCUT2D eigenvalue weighted by Crippen LogP contribution is 2.30. The van der Waals surface area contributed by atoms with Crippen LogP contribution in [0.25, 0.3) is 27.3 Å². The third-order valence-corrected chi connectivity index (χ3v) is 7.67. The van der Waals surface area contributed by atoms with Crippen molar-refractivity contribution < 1.29 is 0 Å². The lowest BCUT2D eigenvalue weighted by Crippen LogP contribution is -2.04. The number of imidazole rings is 2. The summed E-state index contributed by atoms with van der Waals surface area (Å²) >= 11 is 3.33. The van der Waals surface area contributed by atoms with Crippen LogP contribution in [-0.4, -0.2) is 24.1 Å². The van der Waals surface area contributed by atoms with Crippen LogP contribution in [0.1, 0.15) is 17.0 Å². The summed E-state index contributed by atoms with van der Waals surface area (Å²) < 4.78 is 5.19. The maximum atomic E-state index is 4.92. The molecule has 3 aromatic carbocycles. The average Bonchev–Trinajstić information content (AvgIpc) is 3.51. The van der Waals surface area contributed by atoms with Crippen molar-refractivity contribution in [1.82, 2.24) is 24.1 Å². The van der Waals surface area contributed by atoms with Gasteiger partial charge in [-0.25, -0.2) is 14.5 Å². The van der Waals surface area contributed by atoms with Gasteiger partial charge in [0.15, 0.2) is 4.34 Å². The largest absolute Gasteiger partial charge is 0.323 e. The topological polar surface area (TPSA) is 48.0 Å². The summed E-state index contributed by atoms with van der Waals surface area (Å²) in [4.78, 5) is 10.6. The Kier molecular flexibility index (Phi) is 5.20. The molecular weight excluding hydrogens is 446 g/mol. The fourth-order valence-corrected chi connectivity index (χ4v) is 5.78. The minimum atomic E-state index is 0.753. The second kappa shape index (κ2) is 8.50. The lowest BCUT2D eigenvalue weighted by Gasteiger charge is -2.09. The number of hydrogen-bond donors (Lipinski definition) is 0. The normalized spacial score (nSPS) is 11.5. The van der Waals surface area contributed by atoms with E-state index >= 15 is 0 Å². The molecule has 0 aliphatic rings. The van der Waals surface area contributed by atoms with Crippen LogP contribution in [0.15, 0.2) is 89.4 Å². The van der Waals surface area contributed by atoms with Gasteiger partial charge in [0, 0.05) is 12.1 Å². The molecule has 33 heavy (non-hydrogen) atoms. The van der Waals surface area contributed by atoms with Crippen molar-refractivity contribution in [2.75, 3.05) is 0 Å². The van der Waals surface area contributed by atoms with E-state index < -0.39 is 0 Å². The van der Waals surface area contributed by atoms with E-state index in [9.17, 15) is 0 Å². The van der Waals surface area contributed by atoms with Gasteiger partial charge in [-0.1, -0.05) is 95.4 Å². The molecule has 0 saturated heterocycles. The van der Waals surface area contributed by atoms with Crippen LogP contribution in [0.3, 0.4) is 0 Å². The maximum Gasteiger partial charge on any atom is 0.213 e. The highest BCUT2D eigenvalue weighted by Gasteiger charge is 2.14. The molecule has 0 fully saturated rings. The summed E-state index contributed by atoms with van der Waals surface area (Å²) in [5, 5.41) is 4.76. The van der Waals surface area contributed by atoms with Gasteiger partial charge in [-0.2, -0.15) is 0 Å². The molecule has 3 heterocycles. The SMILES string of the molecule is Cc1ccc(-c2cn3nc(SCc4nc5ccccc5n4Cc4ccccc4)sc3n2)cc1. The van der Waals surface area contributed by atoms with Crippen molar-refractivity contribution in [2.24, 2.45) is 0 Å². The summed E-state index contributed by atoms with van der Waals surface area (Å²) in [6, 6.07) is 27.3. The molecule has 7 heteroatoms. The Morgan fingerprint density at radius 2 is 1.67 bits per heavy atom. The smallest absolute Gasteiger partial charge is 0.213 e. The lowest BCUT2D eigenvalue weighted by molar-refractivity contribution is 0.780. The van der Waals surface area contributed by atoms with Crippen molar-refractivity contribution in [3.05, 3.63) is 102 Å². The number of aryl methyl sites for hydroxylation is 1. The molecule has 0 N–H and O–H groups in total. The first kappa shape index (κ1) is 20.2. The zero-order chi connectivity index (χ0) is 22.2. The number of fused-ring (bicyclic) bond motifs is 2. The van der Waals surface area contributed by atoms with Crippen molar-refractivity contribution in [1.29, 1.82) is 0 Å². The molecule has 6 aromatic rings. The summed E-state index contributed by atoms with van der Waals surface area (Å²) in [6.45, 7) is 2.90. The second-order valence-electron chi connectivity index (χ2n) is 7.96.